The smallest absolute Gasteiger partial charge is 0.403 e. The molecule has 2 N–H and O–H groups in total. The van der Waals surface area contributed by atoms with Crippen LogP contribution in [0.1, 0.15) is 0 Å². The fourth-order valence-corrected chi connectivity index (χ4v) is 1.95. The molecule has 1 aromatic rings. The molecule has 0 aliphatic heterocycles. The highest BCUT2D eigenvalue weighted by Crippen LogP contribution is 2.34. The standard InChI is InChI=1S/C7H6F3NO3S2/c8-7(9,10)14-6-4(15)2-1-3-5(6)16(11,12)13/h1-3,15H,(H2,11,12,13). The van der Waals surface area contributed by atoms with Crippen LogP contribution >= 0.6 is 12.6 Å². The van der Waals surface area contributed by atoms with Gasteiger partial charge < -0.3 is 4.74 Å². The Balaban J connectivity index is 3.36. The highest BCUT2D eigenvalue weighted by Gasteiger charge is 2.34. The Morgan fingerprint density at radius 1 is 1.31 bits per heavy atom. The number of para-hydroxylation sites is 1. The first-order valence-electron chi connectivity index (χ1n) is 3.72. The maximum absolute atomic E-state index is 12.0. The molecule has 16 heavy (non-hydrogen) atoms. The number of nitrogens with two attached hydrogens (primary N) is 1. The molecule has 0 heterocycles. The predicted molar refractivity (Wildman–Crippen MR) is 51.8 cm³/mol. The largest absolute Gasteiger partial charge is 0.573 e. The summed E-state index contributed by atoms with van der Waals surface area (Å²) in [6, 6.07) is 3.25. The Hall–Kier alpha value is -0.930. The fourth-order valence-electron chi connectivity index (χ4n) is 0.947. The van der Waals surface area contributed by atoms with Crippen molar-refractivity contribution in [3.05, 3.63) is 18.2 Å². The Morgan fingerprint density at radius 2 is 1.88 bits per heavy atom. The van der Waals surface area contributed by atoms with Crippen LogP contribution in [0.25, 0.3) is 0 Å². The molecule has 0 fully saturated rings. The number of halogens is 3. The number of hydrogen-bond donors (Lipinski definition) is 2. The fraction of sp³-hybridized carbons (Fsp3) is 0.143. The van der Waals surface area contributed by atoms with Gasteiger partial charge in [-0.2, -0.15) is 0 Å². The Morgan fingerprint density at radius 3 is 2.31 bits per heavy atom. The highest BCUT2D eigenvalue weighted by molar-refractivity contribution is 7.89. The summed E-state index contributed by atoms with van der Waals surface area (Å²) in [5, 5.41) is 4.74. The zero-order valence-corrected chi connectivity index (χ0v) is 9.23. The highest BCUT2D eigenvalue weighted by atomic mass is 32.2. The van der Waals surface area contributed by atoms with E-state index in [2.05, 4.69) is 17.4 Å². The molecule has 0 unspecified atom stereocenters. The molecule has 0 aliphatic carbocycles. The van der Waals surface area contributed by atoms with E-state index in [1.54, 1.807) is 0 Å². The van der Waals surface area contributed by atoms with Crippen LogP contribution in [0.4, 0.5) is 13.2 Å². The van der Waals surface area contributed by atoms with Crippen LogP contribution in [0.5, 0.6) is 5.75 Å². The van der Waals surface area contributed by atoms with Crippen LogP contribution in [0.3, 0.4) is 0 Å². The predicted octanol–water partition coefficient (Wildman–Crippen LogP) is 1.52. The van der Waals surface area contributed by atoms with E-state index in [0.717, 1.165) is 12.1 Å². The quantitative estimate of drug-likeness (QED) is 0.803. The van der Waals surface area contributed by atoms with E-state index >= 15 is 0 Å². The third kappa shape index (κ3) is 3.29. The van der Waals surface area contributed by atoms with E-state index in [4.69, 9.17) is 5.14 Å². The zero-order valence-electron chi connectivity index (χ0n) is 7.52. The molecule has 1 rings (SSSR count). The Kier molecular flexibility index (Phi) is 3.41. The van der Waals surface area contributed by atoms with E-state index < -0.39 is 27.0 Å². The summed E-state index contributed by atoms with van der Waals surface area (Å²) in [6.07, 6.45) is -5.02. The van der Waals surface area contributed by atoms with Crippen molar-refractivity contribution in [3.63, 3.8) is 0 Å². The number of rotatable bonds is 2. The average Bonchev–Trinajstić information content (AvgIpc) is 2.04. The third-order valence-electron chi connectivity index (χ3n) is 1.48. The van der Waals surface area contributed by atoms with Crippen molar-refractivity contribution in [1.82, 2.24) is 0 Å². The van der Waals surface area contributed by atoms with Gasteiger partial charge in [0, 0.05) is 4.90 Å². The molecular weight excluding hydrogens is 267 g/mol. The number of sulfonamides is 1. The summed E-state index contributed by atoms with van der Waals surface area (Å²) in [7, 11) is -4.30. The number of hydrogen-bond acceptors (Lipinski definition) is 4. The van der Waals surface area contributed by atoms with Crippen molar-refractivity contribution in [2.75, 3.05) is 0 Å². The van der Waals surface area contributed by atoms with Crippen molar-refractivity contribution in [2.45, 2.75) is 16.2 Å². The van der Waals surface area contributed by atoms with Crippen molar-refractivity contribution >= 4 is 22.7 Å². The molecule has 9 heteroatoms. The number of primary sulfonamides is 1. The molecule has 0 amide bonds. The lowest BCUT2D eigenvalue weighted by molar-refractivity contribution is -0.276. The van der Waals surface area contributed by atoms with Crippen LogP contribution < -0.4 is 9.88 Å². The van der Waals surface area contributed by atoms with E-state index in [1.165, 1.54) is 6.07 Å². The summed E-state index contributed by atoms with van der Waals surface area (Å²) in [6.45, 7) is 0. The van der Waals surface area contributed by atoms with Gasteiger partial charge >= 0.3 is 6.36 Å². The minimum Gasteiger partial charge on any atom is -0.403 e. The first-order valence-corrected chi connectivity index (χ1v) is 5.71. The minimum atomic E-state index is -5.02. The van der Waals surface area contributed by atoms with Gasteiger partial charge in [0.2, 0.25) is 10.0 Å². The van der Waals surface area contributed by atoms with Gasteiger partial charge in [0.15, 0.2) is 5.75 Å². The second-order valence-electron chi connectivity index (χ2n) is 2.70. The molecule has 0 bridgehead atoms. The lowest BCUT2D eigenvalue weighted by atomic mass is 10.3. The average molecular weight is 273 g/mol. The molecule has 0 radical (unpaired) electrons. The number of ether oxygens (including phenoxy) is 1. The van der Waals surface area contributed by atoms with Crippen LogP contribution in [0, 0.1) is 0 Å². The van der Waals surface area contributed by atoms with Crippen LogP contribution in [0.15, 0.2) is 28.0 Å². The summed E-state index contributed by atoms with van der Waals surface area (Å²) in [4.78, 5) is -1.04. The third-order valence-corrected chi connectivity index (χ3v) is 2.77. The molecule has 0 spiro atoms. The lowest BCUT2D eigenvalue weighted by Crippen LogP contribution is -2.21. The normalized spacial score (nSPS) is 12.6. The molecule has 0 saturated carbocycles. The monoisotopic (exact) mass is 273 g/mol. The van der Waals surface area contributed by atoms with Crippen molar-refractivity contribution in [3.8, 4) is 5.75 Å². The maximum Gasteiger partial charge on any atom is 0.573 e. The summed E-state index contributed by atoms with van der Waals surface area (Å²) in [5.41, 5.74) is 0. The van der Waals surface area contributed by atoms with E-state index in [9.17, 15) is 21.6 Å². The van der Waals surface area contributed by atoms with E-state index in [0.29, 0.717) is 0 Å². The van der Waals surface area contributed by atoms with Crippen LogP contribution in [0.2, 0.25) is 0 Å². The van der Waals surface area contributed by atoms with E-state index in [-0.39, 0.29) is 4.90 Å². The van der Waals surface area contributed by atoms with Gasteiger partial charge in [-0.15, -0.1) is 25.8 Å². The molecule has 90 valence electrons. The summed E-state index contributed by atoms with van der Waals surface area (Å²) < 4.78 is 61.5. The first kappa shape index (κ1) is 13.1. The molecular formula is C7H6F3NO3S2. The number of alkyl halides is 3. The minimum absolute atomic E-state index is 0.274. The van der Waals surface area contributed by atoms with Gasteiger partial charge in [0.25, 0.3) is 0 Å². The topological polar surface area (TPSA) is 69.4 Å². The Labute approximate surface area is 94.7 Å². The summed E-state index contributed by atoms with van der Waals surface area (Å²) in [5.74, 6) is -0.930. The second-order valence-corrected chi connectivity index (χ2v) is 4.71. The molecule has 1 aromatic carbocycles. The second kappa shape index (κ2) is 4.15. The molecule has 0 saturated heterocycles. The zero-order chi connectivity index (χ0) is 12.6. The van der Waals surface area contributed by atoms with Crippen LogP contribution in [-0.2, 0) is 10.0 Å². The van der Waals surface area contributed by atoms with Crippen molar-refractivity contribution < 1.29 is 26.3 Å². The van der Waals surface area contributed by atoms with Crippen molar-refractivity contribution in [2.24, 2.45) is 5.14 Å². The van der Waals surface area contributed by atoms with Gasteiger partial charge in [0.05, 0.1) is 0 Å². The van der Waals surface area contributed by atoms with Gasteiger partial charge in [-0.05, 0) is 12.1 Å². The molecule has 0 aliphatic rings. The van der Waals surface area contributed by atoms with Gasteiger partial charge in [0.1, 0.15) is 4.90 Å². The molecule has 4 nitrogen and oxygen atoms in total. The number of thiol groups is 1. The maximum atomic E-state index is 12.0. The first-order chi connectivity index (χ1) is 7.11. The SMILES string of the molecule is NS(=O)(=O)c1cccc(S)c1OC(F)(F)F. The molecule has 0 aromatic heterocycles. The van der Waals surface area contributed by atoms with Gasteiger partial charge in [-0.25, -0.2) is 13.6 Å². The van der Waals surface area contributed by atoms with Crippen LogP contribution in [-0.4, -0.2) is 14.8 Å². The number of benzene rings is 1. The van der Waals surface area contributed by atoms with E-state index in [1.807, 2.05) is 0 Å². The van der Waals surface area contributed by atoms with Gasteiger partial charge in [-0.1, -0.05) is 6.07 Å². The lowest BCUT2D eigenvalue weighted by Gasteiger charge is -2.13. The Bertz CT molecular complexity index is 498. The van der Waals surface area contributed by atoms with Crippen molar-refractivity contribution in [1.29, 1.82) is 0 Å². The molecule has 0 atom stereocenters. The summed E-state index contributed by atoms with van der Waals surface area (Å²) >= 11 is 3.67. The van der Waals surface area contributed by atoms with Gasteiger partial charge in [-0.3, -0.25) is 0 Å².